The number of nitrogens with zero attached hydrogens (tertiary/aromatic N) is 3. The Labute approximate surface area is 173 Å². The standard InChI is InChI=1S/C22H23N5O3/c1-14-19(21(30)24-16-6-3-2-4-7-16)20(15-9-11-17(29)12-10-15)27-22(23-14)25-18(26-27)8-5-13-28/h2-4,6-7,9-12,19-20,28-29H,1,5,8,13H2,(H,24,30)(H,23,25,26)/t19-,20+/m1/s1. The summed E-state index contributed by atoms with van der Waals surface area (Å²) in [5, 5.41) is 29.5. The average Bonchev–Trinajstić information content (AvgIpc) is 3.15. The van der Waals surface area contributed by atoms with Gasteiger partial charge in [-0.05, 0) is 36.2 Å². The highest BCUT2D eigenvalue weighted by atomic mass is 16.3. The molecule has 1 aliphatic rings. The fourth-order valence-electron chi connectivity index (χ4n) is 3.59. The first-order valence-corrected chi connectivity index (χ1v) is 9.74. The Morgan fingerprint density at radius 1 is 1.17 bits per heavy atom. The maximum Gasteiger partial charge on any atom is 0.235 e. The van der Waals surface area contributed by atoms with E-state index in [0.29, 0.717) is 36.0 Å². The third-order valence-electron chi connectivity index (χ3n) is 5.02. The number of carbonyl (C=O) groups excluding carboxylic acids is 1. The summed E-state index contributed by atoms with van der Waals surface area (Å²) >= 11 is 0. The van der Waals surface area contributed by atoms with E-state index in [0.717, 1.165) is 5.56 Å². The number of para-hydroxylation sites is 1. The van der Waals surface area contributed by atoms with E-state index in [1.165, 1.54) is 0 Å². The molecule has 0 unspecified atom stereocenters. The first-order chi connectivity index (χ1) is 14.6. The molecule has 0 bridgehead atoms. The van der Waals surface area contributed by atoms with Crippen LogP contribution in [0.1, 0.15) is 23.9 Å². The maximum absolute atomic E-state index is 13.3. The zero-order valence-corrected chi connectivity index (χ0v) is 16.3. The van der Waals surface area contributed by atoms with Gasteiger partial charge in [0.2, 0.25) is 11.9 Å². The lowest BCUT2D eigenvalue weighted by Gasteiger charge is -2.33. The number of anilines is 2. The molecular weight excluding hydrogens is 382 g/mol. The first kappa shape index (κ1) is 19.7. The molecule has 30 heavy (non-hydrogen) atoms. The summed E-state index contributed by atoms with van der Waals surface area (Å²) in [6.45, 7) is 4.13. The lowest BCUT2D eigenvalue weighted by atomic mass is 9.88. The number of rotatable bonds is 6. The molecule has 4 rings (SSSR count). The third kappa shape index (κ3) is 3.90. The van der Waals surface area contributed by atoms with Gasteiger partial charge in [0.15, 0.2) is 5.82 Å². The van der Waals surface area contributed by atoms with E-state index in [1.807, 2.05) is 30.3 Å². The van der Waals surface area contributed by atoms with Crippen LogP contribution in [0.2, 0.25) is 0 Å². The van der Waals surface area contributed by atoms with Crippen LogP contribution in [0.3, 0.4) is 0 Å². The van der Waals surface area contributed by atoms with Crippen LogP contribution < -0.4 is 10.6 Å². The molecule has 0 aliphatic carbocycles. The van der Waals surface area contributed by atoms with Gasteiger partial charge in [0.1, 0.15) is 11.7 Å². The average molecular weight is 405 g/mol. The molecule has 0 fully saturated rings. The van der Waals surface area contributed by atoms with Crippen LogP contribution in [-0.2, 0) is 11.2 Å². The smallest absolute Gasteiger partial charge is 0.235 e. The van der Waals surface area contributed by atoms with Crippen molar-refractivity contribution in [3.05, 3.63) is 78.3 Å². The van der Waals surface area contributed by atoms with Crippen molar-refractivity contribution in [2.75, 3.05) is 17.2 Å². The molecule has 0 saturated carbocycles. The van der Waals surface area contributed by atoms with Gasteiger partial charge in [-0.1, -0.05) is 36.9 Å². The molecule has 0 radical (unpaired) electrons. The molecule has 1 aliphatic heterocycles. The fourth-order valence-corrected chi connectivity index (χ4v) is 3.59. The van der Waals surface area contributed by atoms with E-state index < -0.39 is 12.0 Å². The number of phenolic OH excluding ortho intramolecular Hbond substituents is 1. The number of aromatic nitrogens is 3. The quantitative estimate of drug-likeness (QED) is 0.502. The van der Waals surface area contributed by atoms with Gasteiger partial charge in [-0.25, -0.2) is 4.68 Å². The minimum atomic E-state index is -0.658. The highest BCUT2D eigenvalue weighted by Gasteiger charge is 2.40. The van der Waals surface area contributed by atoms with Gasteiger partial charge in [-0.3, -0.25) is 4.79 Å². The lowest BCUT2D eigenvalue weighted by Crippen LogP contribution is -2.39. The van der Waals surface area contributed by atoms with Crippen molar-refractivity contribution in [1.29, 1.82) is 0 Å². The summed E-state index contributed by atoms with van der Waals surface area (Å²) in [5.74, 6) is 0.325. The maximum atomic E-state index is 13.3. The van der Waals surface area contributed by atoms with Crippen LogP contribution in [0.5, 0.6) is 5.75 Å². The highest BCUT2D eigenvalue weighted by Crippen LogP contribution is 2.38. The Morgan fingerprint density at radius 3 is 2.60 bits per heavy atom. The highest BCUT2D eigenvalue weighted by molar-refractivity contribution is 5.95. The molecule has 1 aromatic heterocycles. The monoisotopic (exact) mass is 405 g/mol. The normalized spacial score (nSPS) is 17.8. The number of nitrogens with one attached hydrogen (secondary N) is 2. The second-order valence-corrected chi connectivity index (χ2v) is 7.14. The molecule has 4 N–H and O–H groups in total. The number of amides is 1. The number of aromatic hydroxyl groups is 1. The van der Waals surface area contributed by atoms with Crippen molar-refractivity contribution in [3.8, 4) is 5.75 Å². The molecular formula is C22H23N5O3. The van der Waals surface area contributed by atoms with Crippen LogP contribution in [0.15, 0.2) is 66.9 Å². The number of aliphatic hydroxyl groups excluding tert-OH is 1. The van der Waals surface area contributed by atoms with Crippen molar-refractivity contribution in [2.45, 2.75) is 18.9 Å². The number of carbonyl (C=O) groups is 1. The number of hydrogen-bond acceptors (Lipinski definition) is 6. The van der Waals surface area contributed by atoms with Gasteiger partial charge < -0.3 is 20.8 Å². The summed E-state index contributed by atoms with van der Waals surface area (Å²) in [7, 11) is 0. The van der Waals surface area contributed by atoms with Crippen LogP contribution in [0.4, 0.5) is 11.6 Å². The van der Waals surface area contributed by atoms with Gasteiger partial charge in [-0.2, -0.15) is 10.1 Å². The predicted octanol–water partition coefficient (Wildman–Crippen LogP) is 2.69. The molecule has 2 aromatic carbocycles. The van der Waals surface area contributed by atoms with Crippen molar-refractivity contribution < 1.29 is 15.0 Å². The molecule has 2 atom stereocenters. The summed E-state index contributed by atoms with van der Waals surface area (Å²) in [5.41, 5.74) is 1.99. The van der Waals surface area contributed by atoms with E-state index in [2.05, 4.69) is 27.3 Å². The summed E-state index contributed by atoms with van der Waals surface area (Å²) in [6, 6.07) is 15.4. The van der Waals surface area contributed by atoms with Gasteiger partial charge in [0, 0.05) is 24.4 Å². The van der Waals surface area contributed by atoms with Gasteiger partial charge in [-0.15, -0.1) is 0 Å². The number of aliphatic hydroxyl groups is 1. The van der Waals surface area contributed by atoms with Gasteiger partial charge in [0.25, 0.3) is 0 Å². The summed E-state index contributed by atoms with van der Waals surface area (Å²) in [4.78, 5) is 17.8. The number of aryl methyl sites for hydroxylation is 1. The van der Waals surface area contributed by atoms with Crippen LogP contribution in [-0.4, -0.2) is 37.5 Å². The summed E-state index contributed by atoms with van der Waals surface area (Å²) in [6.07, 6.45) is 1.07. The second-order valence-electron chi connectivity index (χ2n) is 7.14. The molecule has 8 nitrogen and oxygen atoms in total. The number of fused-ring (bicyclic) bond motifs is 1. The Kier molecular flexibility index (Phi) is 5.49. The Morgan fingerprint density at radius 2 is 1.90 bits per heavy atom. The molecule has 3 aromatic rings. The second kappa shape index (κ2) is 8.38. The molecule has 0 spiro atoms. The predicted molar refractivity (Wildman–Crippen MR) is 113 cm³/mol. The van der Waals surface area contributed by atoms with E-state index in [9.17, 15) is 9.90 Å². The van der Waals surface area contributed by atoms with Crippen LogP contribution in [0.25, 0.3) is 0 Å². The minimum Gasteiger partial charge on any atom is -0.508 e. The van der Waals surface area contributed by atoms with E-state index in [4.69, 9.17) is 5.11 Å². The van der Waals surface area contributed by atoms with Crippen LogP contribution >= 0.6 is 0 Å². The fraction of sp³-hybridized carbons (Fsp3) is 0.227. The van der Waals surface area contributed by atoms with Crippen molar-refractivity contribution >= 4 is 17.5 Å². The van der Waals surface area contributed by atoms with Crippen molar-refractivity contribution in [2.24, 2.45) is 5.92 Å². The lowest BCUT2D eigenvalue weighted by molar-refractivity contribution is -0.119. The Balaban J connectivity index is 1.73. The molecule has 2 heterocycles. The minimum absolute atomic E-state index is 0.0491. The third-order valence-corrected chi connectivity index (χ3v) is 5.02. The zero-order chi connectivity index (χ0) is 21.1. The van der Waals surface area contributed by atoms with Crippen molar-refractivity contribution in [1.82, 2.24) is 14.8 Å². The molecule has 8 heteroatoms. The van der Waals surface area contributed by atoms with Gasteiger partial charge in [0.05, 0.1) is 6.04 Å². The molecule has 1 amide bonds. The van der Waals surface area contributed by atoms with E-state index in [1.54, 1.807) is 28.9 Å². The number of hydrogen-bond donors (Lipinski definition) is 4. The van der Waals surface area contributed by atoms with Crippen molar-refractivity contribution in [3.63, 3.8) is 0 Å². The molecule has 0 saturated heterocycles. The van der Waals surface area contributed by atoms with Crippen LogP contribution in [0, 0.1) is 5.92 Å². The zero-order valence-electron chi connectivity index (χ0n) is 16.3. The van der Waals surface area contributed by atoms with E-state index >= 15 is 0 Å². The number of benzene rings is 2. The number of phenols is 1. The first-order valence-electron chi connectivity index (χ1n) is 9.74. The topological polar surface area (TPSA) is 112 Å². The largest absolute Gasteiger partial charge is 0.508 e. The molecule has 154 valence electrons. The Bertz CT molecular complexity index is 1050. The van der Waals surface area contributed by atoms with Gasteiger partial charge >= 0.3 is 0 Å². The Hall–Kier alpha value is -3.65. The van der Waals surface area contributed by atoms with E-state index in [-0.39, 0.29) is 18.3 Å². The summed E-state index contributed by atoms with van der Waals surface area (Å²) < 4.78 is 1.68. The SMILES string of the molecule is C=C1Nc2nc(CCCO)nn2[C@@H](c2ccc(O)cc2)[C@@H]1C(=O)Nc1ccccc1.